The molecule has 106 valence electrons. The van der Waals surface area contributed by atoms with Gasteiger partial charge in [0.1, 0.15) is 6.04 Å². The molecule has 0 aromatic heterocycles. The molecule has 5 nitrogen and oxygen atoms in total. The lowest BCUT2D eigenvalue weighted by molar-refractivity contribution is -0.129. The Labute approximate surface area is 110 Å². The second kappa shape index (κ2) is 8.08. The zero-order valence-corrected chi connectivity index (χ0v) is 12.1. The van der Waals surface area contributed by atoms with Crippen LogP contribution >= 0.6 is 0 Å². The summed E-state index contributed by atoms with van der Waals surface area (Å²) in [7, 11) is 1.57. The quantitative estimate of drug-likeness (QED) is 0.625. The van der Waals surface area contributed by atoms with Crippen LogP contribution in [0.5, 0.6) is 0 Å². The summed E-state index contributed by atoms with van der Waals surface area (Å²) >= 11 is 0. The molecule has 18 heavy (non-hydrogen) atoms. The molecular formula is C13H27N3O2. The van der Waals surface area contributed by atoms with Gasteiger partial charge in [0.15, 0.2) is 0 Å². The van der Waals surface area contributed by atoms with Crippen LogP contribution in [0.1, 0.15) is 40.5 Å². The van der Waals surface area contributed by atoms with Crippen LogP contribution in [0.4, 0.5) is 0 Å². The molecule has 0 unspecified atom stereocenters. The minimum Gasteiger partial charge on any atom is -0.357 e. The number of hydrogen-bond acceptors (Lipinski definition) is 3. The first-order valence-corrected chi connectivity index (χ1v) is 6.55. The summed E-state index contributed by atoms with van der Waals surface area (Å²) in [6.07, 6.45) is 1.23. The summed E-state index contributed by atoms with van der Waals surface area (Å²) in [5.74, 6) is 0.259. The second-order valence-corrected chi connectivity index (χ2v) is 5.54. The van der Waals surface area contributed by atoms with Crippen LogP contribution in [0, 0.1) is 11.8 Å². The van der Waals surface area contributed by atoms with E-state index in [0.29, 0.717) is 24.7 Å². The fourth-order valence-electron chi connectivity index (χ4n) is 1.77. The predicted octanol–water partition coefficient (Wildman–Crippen LogP) is 0.637. The van der Waals surface area contributed by atoms with Crippen LogP contribution in [0.15, 0.2) is 0 Å². The van der Waals surface area contributed by atoms with Gasteiger partial charge in [0.2, 0.25) is 11.8 Å². The van der Waals surface area contributed by atoms with E-state index >= 15 is 0 Å². The highest BCUT2D eigenvalue weighted by atomic mass is 16.2. The lowest BCUT2D eigenvalue weighted by atomic mass is 10.0. The first-order chi connectivity index (χ1) is 8.27. The number of amides is 2. The van der Waals surface area contributed by atoms with Gasteiger partial charge >= 0.3 is 0 Å². The van der Waals surface area contributed by atoms with Crippen molar-refractivity contribution in [1.29, 1.82) is 0 Å². The van der Waals surface area contributed by atoms with Crippen LogP contribution in [-0.4, -0.2) is 30.9 Å². The molecule has 0 aliphatic heterocycles. The van der Waals surface area contributed by atoms with Crippen molar-refractivity contribution in [3.05, 3.63) is 0 Å². The van der Waals surface area contributed by atoms with Crippen molar-refractivity contribution < 1.29 is 9.59 Å². The van der Waals surface area contributed by atoms with E-state index < -0.39 is 12.1 Å². The third-order valence-electron chi connectivity index (χ3n) is 2.65. The van der Waals surface area contributed by atoms with Gasteiger partial charge in [-0.05, 0) is 24.7 Å². The summed E-state index contributed by atoms with van der Waals surface area (Å²) in [6.45, 7) is 8.04. The molecule has 2 amide bonds. The van der Waals surface area contributed by atoms with Crippen LogP contribution in [0.3, 0.4) is 0 Å². The van der Waals surface area contributed by atoms with Crippen LogP contribution in [0.2, 0.25) is 0 Å². The Kier molecular flexibility index (Phi) is 7.59. The van der Waals surface area contributed by atoms with Gasteiger partial charge in [0, 0.05) is 7.05 Å². The van der Waals surface area contributed by atoms with Crippen molar-refractivity contribution in [1.82, 2.24) is 10.6 Å². The molecule has 0 aliphatic rings. The van der Waals surface area contributed by atoms with E-state index in [0.717, 1.165) is 0 Å². The molecule has 0 aromatic carbocycles. The van der Waals surface area contributed by atoms with Gasteiger partial charge in [0.25, 0.3) is 0 Å². The molecular weight excluding hydrogens is 230 g/mol. The van der Waals surface area contributed by atoms with Gasteiger partial charge in [-0.15, -0.1) is 0 Å². The van der Waals surface area contributed by atoms with Crippen molar-refractivity contribution in [2.45, 2.75) is 52.6 Å². The Morgan fingerprint density at radius 3 is 1.89 bits per heavy atom. The number of nitrogens with two attached hydrogens (primary N) is 1. The fourth-order valence-corrected chi connectivity index (χ4v) is 1.77. The summed E-state index contributed by atoms with van der Waals surface area (Å²) in [6, 6.07) is -1.05. The Morgan fingerprint density at radius 2 is 1.50 bits per heavy atom. The van der Waals surface area contributed by atoms with E-state index in [9.17, 15) is 9.59 Å². The van der Waals surface area contributed by atoms with Crippen LogP contribution in [-0.2, 0) is 9.59 Å². The molecule has 0 saturated heterocycles. The summed E-state index contributed by atoms with van der Waals surface area (Å²) < 4.78 is 0. The Hall–Kier alpha value is -1.10. The molecule has 0 heterocycles. The smallest absolute Gasteiger partial charge is 0.242 e. The second-order valence-electron chi connectivity index (χ2n) is 5.54. The molecule has 0 spiro atoms. The van der Waals surface area contributed by atoms with Gasteiger partial charge in [-0.2, -0.15) is 0 Å². The summed E-state index contributed by atoms with van der Waals surface area (Å²) in [5, 5.41) is 5.29. The number of carbonyl (C=O) groups excluding carboxylic acids is 2. The number of hydrogen-bond donors (Lipinski definition) is 3. The normalized spacial score (nSPS) is 14.4. The Balaban J connectivity index is 4.47. The van der Waals surface area contributed by atoms with Crippen molar-refractivity contribution >= 4 is 11.8 Å². The molecule has 0 fully saturated rings. The van der Waals surface area contributed by atoms with Gasteiger partial charge in [-0.25, -0.2) is 0 Å². The number of carbonyl (C=O) groups is 2. The Morgan fingerprint density at radius 1 is 1.00 bits per heavy atom. The SMILES string of the molecule is CNC(=O)[C@H](CC(C)C)NC(=O)[C@@H](N)CC(C)C. The molecule has 0 rings (SSSR count). The van der Waals surface area contributed by atoms with Crippen LogP contribution in [0.25, 0.3) is 0 Å². The highest BCUT2D eigenvalue weighted by molar-refractivity contribution is 5.89. The molecule has 0 bridgehead atoms. The average molecular weight is 257 g/mol. The summed E-state index contributed by atoms with van der Waals surface area (Å²) in [4.78, 5) is 23.5. The molecule has 0 aromatic rings. The van der Waals surface area contributed by atoms with Gasteiger partial charge in [-0.3, -0.25) is 9.59 Å². The minimum absolute atomic E-state index is 0.172. The van der Waals surface area contributed by atoms with Crippen molar-refractivity contribution in [3.8, 4) is 0 Å². The fraction of sp³-hybridized carbons (Fsp3) is 0.846. The first kappa shape index (κ1) is 16.9. The molecule has 5 heteroatoms. The molecule has 0 radical (unpaired) electrons. The van der Waals surface area contributed by atoms with Crippen molar-refractivity contribution in [2.75, 3.05) is 7.05 Å². The molecule has 0 saturated carbocycles. The van der Waals surface area contributed by atoms with Gasteiger partial charge in [-0.1, -0.05) is 27.7 Å². The number of likely N-dealkylation sites (N-methyl/N-ethyl adjacent to an activating group) is 1. The molecule has 4 N–H and O–H groups in total. The minimum atomic E-state index is -0.552. The van der Waals surface area contributed by atoms with Crippen molar-refractivity contribution in [3.63, 3.8) is 0 Å². The largest absolute Gasteiger partial charge is 0.357 e. The van der Waals surface area contributed by atoms with Crippen LogP contribution < -0.4 is 16.4 Å². The third-order valence-corrected chi connectivity index (χ3v) is 2.65. The highest BCUT2D eigenvalue weighted by Gasteiger charge is 2.23. The van der Waals surface area contributed by atoms with E-state index in [1.165, 1.54) is 0 Å². The highest BCUT2D eigenvalue weighted by Crippen LogP contribution is 2.07. The standard InChI is InChI=1S/C13H27N3O2/c1-8(2)6-10(14)12(17)16-11(7-9(3)4)13(18)15-5/h8-11H,6-7,14H2,1-5H3,(H,15,18)(H,16,17)/t10-,11-/m0/s1. The maximum Gasteiger partial charge on any atom is 0.242 e. The predicted molar refractivity (Wildman–Crippen MR) is 72.9 cm³/mol. The maximum atomic E-state index is 11.9. The monoisotopic (exact) mass is 257 g/mol. The topological polar surface area (TPSA) is 84.2 Å². The van der Waals surface area contributed by atoms with Gasteiger partial charge < -0.3 is 16.4 Å². The van der Waals surface area contributed by atoms with E-state index in [4.69, 9.17) is 5.73 Å². The zero-order valence-electron chi connectivity index (χ0n) is 12.1. The maximum absolute atomic E-state index is 11.9. The van der Waals surface area contributed by atoms with Gasteiger partial charge in [0.05, 0.1) is 6.04 Å². The lowest BCUT2D eigenvalue weighted by Gasteiger charge is -2.22. The molecule has 2 atom stereocenters. The molecule has 0 aliphatic carbocycles. The zero-order chi connectivity index (χ0) is 14.3. The summed E-state index contributed by atoms with van der Waals surface area (Å²) in [5.41, 5.74) is 5.80. The number of nitrogens with one attached hydrogen (secondary N) is 2. The number of rotatable bonds is 7. The van der Waals surface area contributed by atoms with E-state index in [1.54, 1.807) is 7.05 Å². The third kappa shape index (κ3) is 6.59. The van der Waals surface area contributed by atoms with E-state index in [2.05, 4.69) is 10.6 Å². The van der Waals surface area contributed by atoms with E-state index in [-0.39, 0.29) is 11.8 Å². The first-order valence-electron chi connectivity index (χ1n) is 6.55. The van der Waals surface area contributed by atoms with E-state index in [1.807, 2.05) is 27.7 Å². The average Bonchev–Trinajstić information content (AvgIpc) is 2.25. The lowest BCUT2D eigenvalue weighted by Crippen LogP contribution is -2.51. The Bertz CT molecular complexity index is 277. The van der Waals surface area contributed by atoms with Crippen molar-refractivity contribution in [2.24, 2.45) is 17.6 Å².